The van der Waals surface area contributed by atoms with Crippen molar-refractivity contribution < 1.29 is 23.2 Å². The van der Waals surface area contributed by atoms with Crippen LogP contribution in [0.15, 0.2) is 47.4 Å². The van der Waals surface area contributed by atoms with E-state index in [1.54, 1.807) is 19.3 Å². The lowest BCUT2D eigenvalue weighted by atomic mass is 9.71. The molecule has 4 saturated heterocycles. The summed E-state index contributed by atoms with van der Waals surface area (Å²) in [7, 11) is 3.75. The van der Waals surface area contributed by atoms with E-state index in [-0.39, 0.29) is 52.9 Å². The molecule has 1 aromatic heterocycles. The summed E-state index contributed by atoms with van der Waals surface area (Å²) < 4.78 is 31.9. The molecule has 3 atom stereocenters. The van der Waals surface area contributed by atoms with E-state index in [0.717, 1.165) is 50.9 Å². The fourth-order valence-corrected chi connectivity index (χ4v) is 8.73. The number of imide groups is 1. The largest absolute Gasteiger partial charge is 0.379 e. The Balaban J connectivity index is 0.923. The van der Waals surface area contributed by atoms with Crippen LogP contribution in [0.3, 0.4) is 0 Å². The summed E-state index contributed by atoms with van der Waals surface area (Å²) in [6.45, 7) is 6.04. The Morgan fingerprint density at radius 3 is 2.31 bits per heavy atom. The highest BCUT2D eigenvalue weighted by molar-refractivity contribution is 6.01. The molecule has 5 heterocycles. The number of piperidine rings is 4. The topological polar surface area (TPSA) is 120 Å². The standard InChI is InChI=1S/C39H47F2N7O4/c1-24-31(21-42-46(3)37(24)51)43-28-20-27(22-45(2)23-28)25-4-6-26(7-5-25)38(52)48-18-14-39(15-19-48)12-16-47(17-13-39)32-10-8-29(34(40)35(32)41)30-9-11-33(49)44-36(30)50/h4-8,10,21,27-28,30,43H,9,11-20,22-23H2,1-3H3,(H,44,49,50)/t27-,28+,30?/m1/s1. The third kappa shape index (κ3) is 7.07. The molecule has 2 N–H and O–H groups in total. The SMILES string of the molecule is Cc1c(N[C@H]2C[C@@H](c3ccc(C(=O)N4CCC5(CC4)CCN(c4ccc(C6CCC(=O)NC6=O)c(F)c4F)CC5)cc3)CN(C)C2)cnn(C)c1=O. The van der Waals surface area contributed by atoms with Crippen LogP contribution in [0.2, 0.25) is 0 Å². The maximum Gasteiger partial charge on any atom is 0.271 e. The molecule has 7 rings (SSSR count). The van der Waals surface area contributed by atoms with Crippen molar-refractivity contribution >= 4 is 29.1 Å². The van der Waals surface area contributed by atoms with Crippen LogP contribution in [-0.2, 0) is 16.6 Å². The fourth-order valence-electron chi connectivity index (χ4n) is 8.73. The first-order valence-corrected chi connectivity index (χ1v) is 18.3. The van der Waals surface area contributed by atoms with Crippen molar-refractivity contribution in [3.63, 3.8) is 0 Å². The van der Waals surface area contributed by atoms with Gasteiger partial charge in [0, 0.05) is 75.5 Å². The van der Waals surface area contributed by atoms with Gasteiger partial charge in [-0.25, -0.2) is 13.5 Å². The van der Waals surface area contributed by atoms with E-state index < -0.39 is 29.4 Å². The van der Waals surface area contributed by atoms with Gasteiger partial charge < -0.3 is 20.0 Å². The minimum absolute atomic E-state index is 0.0131. The maximum atomic E-state index is 15.3. The first-order chi connectivity index (χ1) is 24.9. The summed E-state index contributed by atoms with van der Waals surface area (Å²) in [5.41, 5.74) is 3.40. The van der Waals surface area contributed by atoms with E-state index in [0.29, 0.717) is 37.3 Å². The molecule has 13 heteroatoms. The second-order valence-electron chi connectivity index (χ2n) is 15.3. The quantitative estimate of drug-likeness (QED) is 0.363. The molecular weight excluding hydrogens is 668 g/mol. The molecule has 4 aliphatic heterocycles. The number of benzene rings is 2. The van der Waals surface area contributed by atoms with Crippen molar-refractivity contribution in [2.75, 3.05) is 56.5 Å². The third-order valence-corrected chi connectivity index (χ3v) is 12.0. The molecule has 4 fully saturated rings. The molecule has 1 unspecified atom stereocenters. The Morgan fingerprint density at radius 2 is 1.62 bits per heavy atom. The number of likely N-dealkylation sites (N-methyl/N-ethyl adjacent to an activating group) is 1. The first kappa shape index (κ1) is 35.7. The van der Waals surface area contributed by atoms with Crippen molar-refractivity contribution in [3.05, 3.63) is 86.8 Å². The molecular formula is C39H47F2N7O4. The van der Waals surface area contributed by atoms with E-state index in [4.69, 9.17) is 0 Å². The Kier molecular flexibility index (Phi) is 9.90. The fraction of sp³-hybridized carbons (Fsp3) is 0.513. The van der Waals surface area contributed by atoms with Crippen LogP contribution in [0, 0.1) is 24.0 Å². The summed E-state index contributed by atoms with van der Waals surface area (Å²) in [6.07, 6.45) is 6.23. The molecule has 52 heavy (non-hydrogen) atoms. The molecule has 11 nitrogen and oxygen atoms in total. The zero-order chi connectivity index (χ0) is 36.7. The van der Waals surface area contributed by atoms with Gasteiger partial charge in [-0.15, -0.1) is 0 Å². The normalized spacial score (nSPS) is 23.8. The van der Waals surface area contributed by atoms with E-state index in [1.165, 1.54) is 16.3 Å². The number of likely N-dealkylation sites (tertiary alicyclic amines) is 2. The van der Waals surface area contributed by atoms with Crippen molar-refractivity contribution in [1.82, 2.24) is 24.9 Å². The minimum Gasteiger partial charge on any atom is -0.379 e. The molecule has 0 aliphatic carbocycles. The second kappa shape index (κ2) is 14.4. The Bertz CT molecular complexity index is 1910. The Hall–Kier alpha value is -4.65. The number of carbonyl (C=O) groups excluding carboxylic acids is 3. The predicted octanol–water partition coefficient (Wildman–Crippen LogP) is 4.31. The molecule has 1 spiro atoms. The number of anilines is 2. The highest BCUT2D eigenvalue weighted by Crippen LogP contribution is 2.43. The monoisotopic (exact) mass is 715 g/mol. The molecule has 3 aromatic rings. The molecule has 276 valence electrons. The van der Waals surface area contributed by atoms with Crippen LogP contribution in [-0.4, -0.2) is 89.7 Å². The van der Waals surface area contributed by atoms with Crippen LogP contribution in [0.1, 0.15) is 83.8 Å². The lowest BCUT2D eigenvalue weighted by Crippen LogP contribution is -2.48. The highest BCUT2D eigenvalue weighted by atomic mass is 19.2. The molecule has 0 saturated carbocycles. The summed E-state index contributed by atoms with van der Waals surface area (Å²) in [6, 6.07) is 11.2. The molecule has 3 amide bonds. The lowest BCUT2D eigenvalue weighted by molar-refractivity contribution is -0.134. The number of halogens is 2. The smallest absolute Gasteiger partial charge is 0.271 e. The van der Waals surface area contributed by atoms with E-state index in [2.05, 4.69) is 39.8 Å². The minimum atomic E-state index is -1.02. The van der Waals surface area contributed by atoms with Crippen molar-refractivity contribution in [1.29, 1.82) is 0 Å². The van der Waals surface area contributed by atoms with Crippen molar-refractivity contribution in [3.8, 4) is 0 Å². The summed E-state index contributed by atoms with van der Waals surface area (Å²) in [5, 5.41) is 9.94. The predicted molar refractivity (Wildman–Crippen MR) is 193 cm³/mol. The van der Waals surface area contributed by atoms with Crippen molar-refractivity contribution in [2.45, 2.75) is 69.7 Å². The number of nitrogens with one attached hydrogen (secondary N) is 2. The first-order valence-electron chi connectivity index (χ1n) is 18.3. The summed E-state index contributed by atoms with van der Waals surface area (Å²) >= 11 is 0. The van der Waals surface area contributed by atoms with Gasteiger partial charge in [0.1, 0.15) is 0 Å². The van der Waals surface area contributed by atoms with Crippen LogP contribution in [0.25, 0.3) is 0 Å². The van der Waals surface area contributed by atoms with Gasteiger partial charge in [0.25, 0.3) is 11.5 Å². The second-order valence-corrected chi connectivity index (χ2v) is 15.3. The lowest BCUT2D eigenvalue weighted by Gasteiger charge is -2.47. The van der Waals surface area contributed by atoms with Gasteiger partial charge in [0.2, 0.25) is 11.8 Å². The van der Waals surface area contributed by atoms with Gasteiger partial charge in [0.15, 0.2) is 11.6 Å². The third-order valence-electron chi connectivity index (χ3n) is 12.0. The number of hydrogen-bond donors (Lipinski definition) is 2. The average molecular weight is 716 g/mol. The van der Waals surface area contributed by atoms with Gasteiger partial charge in [0.05, 0.1) is 23.5 Å². The average Bonchev–Trinajstić information content (AvgIpc) is 3.14. The zero-order valence-corrected chi connectivity index (χ0v) is 30.1. The van der Waals surface area contributed by atoms with Gasteiger partial charge >= 0.3 is 0 Å². The Labute approximate surface area is 302 Å². The number of carbonyl (C=O) groups is 3. The zero-order valence-electron chi connectivity index (χ0n) is 30.1. The van der Waals surface area contributed by atoms with E-state index in [1.807, 2.05) is 28.9 Å². The van der Waals surface area contributed by atoms with Gasteiger partial charge in [-0.2, -0.15) is 5.10 Å². The highest BCUT2D eigenvalue weighted by Gasteiger charge is 2.40. The molecule has 0 radical (unpaired) electrons. The number of amides is 3. The number of aromatic nitrogens is 2. The van der Waals surface area contributed by atoms with Gasteiger partial charge in [-0.3, -0.25) is 24.5 Å². The van der Waals surface area contributed by atoms with Crippen LogP contribution in [0.5, 0.6) is 0 Å². The van der Waals surface area contributed by atoms with E-state index in [9.17, 15) is 19.2 Å². The Morgan fingerprint density at radius 1 is 0.923 bits per heavy atom. The molecule has 4 aliphatic rings. The van der Waals surface area contributed by atoms with Gasteiger partial charge in [-0.1, -0.05) is 18.2 Å². The number of nitrogens with zero attached hydrogens (tertiary/aromatic N) is 5. The van der Waals surface area contributed by atoms with Crippen LogP contribution >= 0.6 is 0 Å². The molecule has 2 aromatic carbocycles. The number of rotatable bonds is 6. The number of aryl methyl sites for hydroxylation is 1. The van der Waals surface area contributed by atoms with Crippen LogP contribution in [0.4, 0.5) is 20.2 Å². The number of hydrogen-bond acceptors (Lipinski definition) is 8. The van der Waals surface area contributed by atoms with Crippen LogP contribution < -0.4 is 21.1 Å². The van der Waals surface area contributed by atoms with Gasteiger partial charge in [-0.05, 0) is 87.6 Å². The van der Waals surface area contributed by atoms with Crippen molar-refractivity contribution in [2.24, 2.45) is 12.5 Å². The summed E-state index contributed by atoms with van der Waals surface area (Å²) in [4.78, 5) is 55.8. The maximum absolute atomic E-state index is 15.3. The van der Waals surface area contributed by atoms with E-state index >= 15 is 8.78 Å². The molecule has 0 bridgehead atoms. The summed E-state index contributed by atoms with van der Waals surface area (Å²) in [5.74, 6) is -3.55.